The Bertz CT molecular complexity index is 641. The van der Waals surface area contributed by atoms with Gasteiger partial charge in [-0.2, -0.15) is 0 Å². The lowest BCUT2D eigenvalue weighted by atomic mass is 10.0. The summed E-state index contributed by atoms with van der Waals surface area (Å²) in [6, 6.07) is 15.5. The summed E-state index contributed by atoms with van der Waals surface area (Å²) >= 11 is 7.52. The predicted molar refractivity (Wildman–Crippen MR) is 101 cm³/mol. The number of amides is 1. The van der Waals surface area contributed by atoms with Crippen LogP contribution in [-0.4, -0.2) is 24.8 Å². The third-order valence-electron chi connectivity index (χ3n) is 3.42. The van der Waals surface area contributed by atoms with Gasteiger partial charge in [0, 0.05) is 22.2 Å². The fourth-order valence-electron chi connectivity index (χ4n) is 2.04. The molecule has 0 heterocycles. The lowest BCUT2D eigenvalue weighted by Gasteiger charge is -2.09. The molecule has 0 aliphatic rings. The van der Waals surface area contributed by atoms with Crippen LogP contribution in [0.4, 0.5) is 0 Å². The maximum absolute atomic E-state index is 11.8. The summed E-state index contributed by atoms with van der Waals surface area (Å²) in [5.74, 6) is 1.89. The Morgan fingerprint density at radius 2 is 1.79 bits per heavy atom. The Labute approximate surface area is 152 Å². The number of benzene rings is 2. The topological polar surface area (TPSA) is 38.3 Å². The van der Waals surface area contributed by atoms with Gasteiger partial charge in [-0.25, -0.2) is 0 Å². The second kappa shape index (κ2) is 9.60. The van der Waals surface area contributed by atoms with Crippen molar-refractivity contribution in [3.05, 3.63) is 59.1 Å². The first kappa shape index (κ1) is 18.7. The first-order valence-electron chi connectivity index (χ1n) is 7.92. The van der Waals surface area contributed by atoms with Crippen LogP contribution in [0.3, 0.4) is 0 Å². The van der Waals surface area contributed by atoms with Gasteiger partial charge in [0.25, 0.3) is 5.91 Å². The lowest BCUT2D eigenvalue weighted by Crippen LogP contribution is -2.30. The molecule has 0 radical (unpaired) electrons. The van der Waals surface area contributed by atoms with Gasteiger partial charge in [-0.3, -0.25) is 4.79 Å². The fraction of sp³-hybridized carbons (Fsp3) is 0.316. The molecule has 0 aliphatic carbocycles. The molecule has 2 rings (SSSR count). The summed E-state index contributed by atoms with van der Waals surface area (Å²) in [7, 11) is 0. The maximum atomic E-state index is 11.8. The summed E-state index contributed by atoms with van der Waals surface area (Å²) in [4.78, 5) is 12.9. The van der Waals surface area contributed by atoms with Crippen LogP contribution in [0.5, 0.6) is 5.75 Å². The Balaban J connectivity index is 1.63. The first-order chi connectivity index (χ1) is 11.5. The van der Waals surface area contributed by atoms with Crippen molar-refractivity contribution in [2.24, 2.45) is 0 Å². The molecule has 24 heavy (non-hydrogen) atoms. The van der Waals surface area contributed by atoms with E-state index in [0.29, 0.717) is 18.2 Å². The minimum atomic E-state index is -0.111. The molecule has 128 valence electrons. The molecule has 1 N–H and O–H groups in total. The molecule has 0 spiro atoms. The number of rotatable bonds is 8. The lowest BCUT2D eigenvalue weighted by molar-refractivity contribution is -0.122. The monoisotopic (exact) mass is 363 g/mol. The van der Waals surface area contributed by atoms with Crippen molar-refractivity contribution in [2.75, 3.05) is 18.9 Å². The van der Waals surface area contributed by atoms with Gasteiger partial charge >= 0.3 is 0 Å². The van der Waals surface area contributed by atoms with E-state index in [2.05, 4.69) is 19.2 Å². The SMILES string of the molecule is CC(C)c1ccc(OCC(=O)NCCSc2ccc(Cl)cc2)cc1. The van der Waals surface area contributed by atoms with Crippen molar-refractivity contribution < 1.29 is 9.53 Å². The summed E-state index contributed by atoms with van der Waals surface area (Å²) in [5, 5.41) is 3.58. The highest BCUT2D eigenvalue weighted by molar-refractivity contribution is 7.99. The number of hydrogen-bond donors (Lipinski definition) is 1. The van der Waals surface area contributed by atoms with Crippen LogP contribution in [-0.2, 0) is 4.79 Å². The van der Waals surface area contributed by atoms with Crippen LogP contribution in [0.2, 0.25) is 5.02 Å². The Kier molecular flexibility index (Phi) is 7.47. The number of thioether (sulfide) groups is 1. The average Bonchev–Trinajstić information content (AvgIpc) is 2.59. The van der Waals surface area contributed by atoms with E-state index < -0.39 is 0 Å². The number of nitrogens with one attached hydrogen (secondary N) is 1. The Morgan fingerprint density at radius 3 is 2.42 bits per heavy atom. The molecule has 0 fully saturated rings. The van der Waals surface area contributed by atoms with Gasteiger partial charge < -0.3 is 10.1 Å². The van der Waals surface area contributed by atoms with E-state index in [1.54, 1.807) is 11.8 Å². The fourth-order valence-corrected chi connectivity index (χ4v) is 2.93. The van der Waals surface area contributed by atoms with E-state index in [1.807, 2.05) is 48.5 Å². The minimum Gasteiger partial charge on any atom is -0.484 e. The van der Waals surface area contributed by atoms with Crippen molar-refractivity contribution in [2.45, 2.75) is 24.7 Å². The van der Waals surface area contributed by atoms with Crippen molar-refractivity contribution in [3.63, 3.8) is 0 Å². The number of hydrogen-bond acceptors (Lipinski definition) is 3. The van der Waals surface area contributed by atoms with Crippen molar-refractivity contribution >= 4 is 29.3 Å². The van der Waals surface area contributed by atoms with Crippen LogP contribution in [0.15, 0.2) is 53.4 Å². The van der Waals surface area contributed by atoms with Gasteiger partial charge in [-0.15, -0.1) is 11.8 Å². The van der Waals surface area contributed by atoms with Gasteiger partial charge in [-0.05, 0) is 47.9 Å². The van der Waals surface area contributed by atoms with Gasteiger partial charge in [0.15, 0.2) is 6.61 Å². The number of carbonyl (C=O) groups is 1. The highest BCUT2D eigenvalue weighted by Crippen LogP contribution is 2.20. The number of ether oxygens (including phenoxy) is 1. The van der Waals surface area contributed by atoms with E-state index in [4.69, 9.17) is 16.3 Å². The normalized spacial score (nSPS) is 10.7. The zero-order valence-electron chi connectivity index (χ0n) is 13.9. The molecular formula is C19H22ClNO2S. The summed E-state index contributed by atoms with van der Waals surface area (Å²) in [6.45, 7) is 4.92. The largest absolute Gasteiger partial charge is 0.484 e. The van der Waals surface area contributed by atoms with Crippen LogP contribution >= 0.6 is 23.4 Å². The molecular weight excluding hydrogens is 342 g/mol. The third-order valence-corrected chi connectivity index (χ3v) is 4.69. The molecule has 2 aromatic carbocycles. The Hall–Kier alpha value is -1.65. The van der Waals surface area contributed by atoms with Crippen LogP contribution in [0, 0.1) is 0 Å². The van der Waals surface area contributed by atoms with E-state index in [9.17, 15) is 4.79 Å². The van der Waals surface area contributed by atoms with E-state index in [-0.39, 0.29) is 12.5 Å². The summed E-state index contributed by atoms with van der Waals surface area (Å²) in [5.41, 5.74) is 1.26. The van der Waals surface area contributed by atoms with Gasteiger partial charge in [0.05, 0.1) is 0 Å². The van der Waals surface area contributed by atoms with Crippen LogP contribution < -0.4 is 10.1 Å². The highest BCUT2D eigenvalue weighted by atomic mass is 35.5. The number of halogens is 1. The molecule has 5 heteroatoms. The molecule has 0 unspecified atom stereocenters. The summed E-state index contributed by atoms with van der Waals surface area (Å²) in [6.07, 6.45) is 0. The Morgan fingerprint density at radius 1 is 1.12 bits per heavy atom. The third kappa shape index (κ3) is 6.46. The van der Waals surface area contributed by atoms with Crippen LogP contribution in [0.25, 0.3) is 0 Å². The van der Waals surface area contributed by atoms with E-state index in [1.165, 1.54) is 5.56 Å². The smallest absolute Gasteiger partial charge is 0.257 e. The van der Waals surface area contributed by atoms with E-state index in [0.717, 1.165) is 15.7 Å². The molecule has 0 aliphatic heterocycles. The predicted octanol–water partition coefficient (Wildman–Crippen LogP) is 4.75. The summed E-state index contributed by atoms with van der Waals surface area (Å²) < 4.78 is 5.50. The molecule has 3 nitrogen and oxygen atoms in total. The second-order valence-electron chi connectivity index (χ2n) is 5.66. The van der Waals surface area contributed by atoms with Crippen LogP contribution in [0.1, 0.15) is 25.3 Å². The van der Waals surface area contributed by atoms with Crippen molar-refractivity contribution in [1.82, 2.24) is 5.32 Å². The highest BCUT2D eigenvalue weighted by Gasteiger charge is 2.04. The van der Waals surface area contributed by atoms with Crippen molar-refractivity contribution in [3.8, 4) is 5.75 Å². The number of carbonyl (C=O) groups excluding carboxylic acids is 1. The van der Waals surface area contributed by atoms with Gasteiger partial charge in [-0.1, -0.05) is 37.6 Å². The quantitative estimate of drug-likeness (QED) is 0.543. The molecule has 1 amide bonds. The molecule has 0 saturated carbocycles. The standard InChI is InChI=1S/C19H22ClNO2S/c1-14(2)15-3-7-17(8-4-15)23-13-19(22)21-11-12-24-18-9-5-16(20)6-10-18/h3-10,14H,11-13H2,1-2H3,(H,21,22). The molecule has 0 atom stereocenters. The van der Waals surface area contributed by atoms with Gasteiger partial charge in [0.1, 0.15) is 5.75 Å². The first-order valence-corrected chi connectivity index (χ1v) is 9.29. The van der Waals surface area contributed by atoms with Crippen molar-refractivity contribution in [1.29, 1.82) is 0 Å². The molecule has 2 aromatic rings. The molecule has 0 bridgehead atoms. The zero-order chi connectivity index (χ0) is 17.4. The molecule has 0 aromatic heterocycles. The maximum Gasteiger partial charge on any atom is 0.257 e. The van der Waals surface area contributed by atoms with E-state index >= 15 is 0 Å². The second-order valence-corrected chi connectivity index (χ2v) is 7.27. The average molecular weight is 364 g/mol. The molecule has 0 saturated heterocycles. The minimum absolute atomic E-state index is 0.0344. The van der Waals surface area contributed by atoms with Gasteiger partial charge in [0.2, 0.25) is 0 Å². The zero-order valence-corrected chi connectivity index (χ0v) is 15.5.